The number of amides is 2. The Kier molecular flexibility index (Phi) is 6.22. The molecule has 1 aromatic heterocycles. The van der Waals surface area contributed by atoms with Crippen LogP contribution in [0.1, 0.15) is 44.2 Å². The SMILES string of the molecule is CN1CCC(N(C)[C@H]2C[C@H]3C(=O)NC4(CCN(Cc5ccn(C)n5)CC4)CC(=O)N3C2)CC1. The molecule has 4 aliphatic rings. The third-order valence-corrected chi connectivity index (χ3v) is 8.59. The maximum atomic E-state index is 13.4. The Morgan fingerprint density at radius 3 is 2.52 bits per heavy atom. The zero-order chi connectivity index (χ0) is 23.2. The van der Waals surface area contributed by atoms with Crippen molar-refractivity contribution in [2.45, 2.75) is 68.7 Å². The van der Waals surface area contributed by atoms with Crippen LogP contribution in [0, 0.1) is 0 Å². The fourth-order valence-corrected chi connectivity index (χ4v) is 6.33. The van der Waals surface area contributed by atoms with Gasteiger partial charge in [0.1, 0.15) is 6.04 Å². The predicted molar refractivity (Wildman–Crippen MR) is 125 cm³/mol. The Hall–Kier alpha value is -1.97. The van der Waals surface area contributed by atoms with Crippen molar-refractivity contribution in [3.63, 3.8) is 0 Å². The maximum Gasteiger partial charge on any atom is 0.243 e. The highest BCUT2D eigenvalue weighted by atomic mass is 16.2. The molecule has 0 radical (unpaired) electrons. The average Bonchev–Trinajstić information content (AvgIpc) is 3.40. The highest BCUT2D eigenvalue weighted by Gasteiger charge is 2.49. The number of nitrogens with one attached hydrogen (secondary N) is 1. The molecule has 5 heterocycles. The minimum absolute atomic E-state index is 0.0540. The van der Waals surface area contributed by atoms with Crippen molar-refractivity contribution in [1.82, 2.24) is 34.7 Å². The lowest BCUT2D eigenvalue weighted by Crippen LogP contribution is -2.56. The average molecular weight is 458 g/mol. The summed E-state index contributed by atoms with van der Waals surface area (Å²) in [6.07, 6.45) is 7.10. The highest BCUT2D eigenvalue weighted by Crippen LogP contribution is 2.34. The molecule has 0 unspecified atom stereocenters. The van der Waals surface area contributed by atoms with Gasteiger partial charge in [-0.1, -0.05) is 0 Å². The van der Waals surface area contributed by atoms with Gasteiger partial charge in [-0.25, -0.2) is 0 Å². The normalized spacial score (nSPS) is 29.5. The summed E-state index contributed by atoms with van der Waals surface area (Å²) < 4.78 is 1.83. The molecule has 0 saturated carbocycles. The number of nitrogens with zero attached hydrogens (tertiary/aromatic N) is 6. The van der Waals surface area contributed by atoms with E-state index in [2.05, 4.69) is 45.3 Å². The summed E-state index contributed by atoms with van der Waals surface area (Å²) in [5, 5.41) is 7.84. The number of carbonyl (C=O) groups excluding carboxylic acids is 2. The molecular formula is C24H39N7O2. The molecule has 9 nitrogen and oxygen atoms in total. The van der Waals surface area contributed by atoms with Gasteiger partial charge in [-0.2, -0.15) is 5.10 Å². The van der Waals surface area contributed by atoms with Gasteiger partial charge < -0.3 is 15.1 Å². The first-order valence-electron chi connectivity index (χ1n) is 12.5. The first kappa shape index (κ1) is 22.8. The summed E-state index contributed by atoms with van der Waals surface area (Å²) in [6, 6.07) is 2.55. The molecule has 9 heteroatoms. The van der Waals surface area contributed by atoms with Gasteiger partial charge in [0, 0.05) is 51.5 Å². The van der Waals surface area contributed by atoms with E-state index in [1.54, 1.807) is 0 Å². The fraction of sp³-hybridized carbons (Fsp3) is 0.792. The highest BCUT2D eigenvalue weighted by molar-refractivity contribution is 5.92. The van der Waals surface area contributed by atoms with Crippen LogP contribution in [0.2, 0.25) is 0 Å². The van der Waals surface area contributed by atoms with E-state index >= 15 is 0 Å². The van der Waals surface area contributed by atoms with Crippen molar-refractivity contribution in [3.05, 3.63) is 18.0 Å². The quantitative estimate of drug-likeness (QED) is 0.700. The molecule has 1 N–H and O–H groups in total. The minimum Gasteiger partial charge on any atom is -0.348 e. The number of likely N-dealkylation sites (N-methyl/N-ethyl adjacent to an activating group) is 1. The lowest BCUT2D eigenvalue weighted by molar-refractivity contribution is -0.135. The number of likely N-dealkylation sites (tertiary alicyclic amines) is 2. The number of fused-ring (bicyclic) bond motifs is 1. The van der Waals surface area contributed by atoms with E-state index in [4.69, 9.17) is 0 Å². The van der Waals surface area contributed by atoms with Crippen LogP contribution in [0.25, 0.3) is 0 Å². The Morgan fingerprint density at radius 1 is 1.12 bits per heavy atom. The number of aromatic nitrogens is 2. The van der Waals surface area contributed by atoms with E-state index in [-0.39, 0.29) is 23.9 Å². The summed E-state index contributed by atoms with van der Waals surface area (Å²) in [4.78, 5) is 35.8. The van der Waals surface area contributed by atoms with Crippen LogP contribution < -0.4 is 5.32 Å². The summed E-state index contributed by atoms with van der Waals surface area (Å²) >= 11 is 0. The van der Waals surface area contributed by atoms with Crippen molar-refractivity contribution in [1.29, 1.82) is 0 Å². The van der Waals surface area contributed by atoms with Crippen molar-refractivity contribution in [3.8, 4) is 0 Å². The van der Waals surface area contributed by atoms with E-state index < -0.39 is 5.54 Å². The molecule has 0 aliphatic carbocycles. The molecule has 1 spiro atoms. The topological polar surface area (TPSA) is 77.0 Å². The predicted octanol–water partition coefficient (Wildman–Crippen LogP) is 0.270. The molecule has 4 aliphatic heterocycles. The van der Waals surface area contributed by atoms with E-state index in [9.17, 15) is 9.59 Å². The van der Waals surface area contributed by atoms with E-state index in [0.29, 0.717) is 19.0 Å². The van der Waals surface area contributed by atoms with Gasteiger partial charge in [-0.3, -0.25) is 24.1 Å². The lowest BCUT2D eigenvalue weighted by atomic mass is 9.84. The number of hydrogen-bond donors (Lipinski definition) is 1. The van der Waals surface area contributed by atoms with Crippen LogP contribution >= 0.6 is 0 Å². The Morgan fingerprint density at radius 2 is 1.85 bits per heavy atom. The van der Waals surface area contributed by atoms with Crippen LogP contribution in [0.5, 0.6) is 0 Å². The van der Waals surface area contributed by atoms with Crippen LogP contribution in [0.3, 0.4) is 0 Å². The Balaban J connectivity index is 1.19. The van der Waals surface area contributed by atoms with Gasteiger partial charge in [0.05, 0.1) is 17.7 Å². The van der Waals surface area contributed by atoms with Gasteiger partial charge >= 0.3 is 0 Å². The molecule has 2 amide bonds. The molecule has 0 aromatic carbocycles. The molecule has 182 valence electrons. The first-order valence-corrected chi connectivity index (χ1v) is 12.5. The summed E-state index contributed by atoms with van der Waals surface area (Å²) in [7, 11) is 6.30. The largest absolute Gasteiger partial charge is 0.348 e. The van der Waals surface area contributed by atoms with Crippen molar-refractivity contribution < 1.29 is 9.59 Å². The van der Waals surface area contributed by atoms with Gasteiger partial charge in [-0.05, 0) is 65.4 Å². The summed E-state index contributed by atoms with van der Waals surface area (Å²) in [5.74, 6) is 0.203. The van der Waals surface area contributed by atoms with Gasteiger partial charge in [0.25, 0.3) is 0 Å². The lowest BCUT2D eigenvalue weighted by Gasteiger charge is -2.41. The number of hydrogen-bond acceptors (Lipinski definition) is 6. The number of carbonyl (C=O) groups is 2. The molecule has 33 heavy (non-hydrogen) atoms. The molecule has 0 bridgehead atoms. The van der Waals surface area contributed by atoms with E-state index in [1.807, 2.05) is 22.8 Å². The first-order chi connectivity index (χ1) is 15.8. The van der Waals surface area contributed by atoms with Crippen LogP contribution in [0.4, 0.5) is 0 Å². The molecule has 4 fully saturated rings. The molecule has 4 saturated heterocycles. The van der Waals surface area contributed by atoms with Crippen molar-refractivity contribution >= 4 is 11.8 Å². The van der Waals surface area contributed by atoms with Crippen LogP contribution in [-0.2, 0) is 23.2 Å². The maximum absolute atomic E-state index is 13.4. The number of aryl methyl sites for hydroxylation is 1. The number of piperidine rings is 2. The van der Waals surface area contributed by atoms with Crippen molar-refractivity contribution in [2.24, 2.45) is 7.05 Å². The van der Waals surface area contributed by atoms with Gasteiger partial charge in [0.15, 0.2) is 0 Å². The Labute approximate surface area is 197 Å². The van der Waals surface area contributed by atoms with Gasteiger partial charge in [0.2, 0.25) is 11.8 Å². The minimum atomic E-state index is -0.394. The molecular weight excluding hydrogens is 418 g/mol. The standard InChI is InChI=1S/C24H39N7O2/c1-27-9-5-19(6-10-27)29(3)20-14-21-23(33)25-24(15-22(32)31(21)17-20)7-12-30(13-8-24)16-18-4-11-28(2)26-18/h4,11,19-21H,5-10,12-17H2,1-3H3,(H,25,33)/t20-,21-/m0/s1. The fourth-order valence-electron chi connectivity index (χ4n) is 6.33. The zero-order valence-corrected chi connectivity index (χ0v) is 20.4. The van der Waals surface area contributed by atoms with E-state index in [0.717, 1.165) is 70.5 Å². The second-order valence-corrected chi connectivity index (χ2v) is 10.9. The second-order valence-electron chi connectivity index (χ2n) is 10.9. The molecule has 2 atom stereocenters. The summed E-state index contributed by atoms with van der Waals surface area (Å²) in [6.45, 7) is 5.48. The third-order valence-electron chi connectivity index (χ3n) is 8.59. The van der Waals surface area contributed by atoms with E-state index in [1.165, 1.54) is 0 Å². The van der Waals surface area contributed by atoms with Crippen LogP contribution in [0.15, 0.2) is 12.3 Å². The zero-order valence-electron chi connectivity index (χ0n) is 20.4. The third kappa shape index (κ3) is 4.68. The monoisotopic (exact) mass is 457 g/mol. The van der Waals surface area contributed by atoms with Crippen LogP contribution in [-0.4, -0.2) is 112 Å². The molecule has 1 aromatic rings. The molecule has 5 rings (SSSR count). The Bertz CT molecular complexity index is 842. The second kappa shape index (κ2) is 9.00. The van der Waals surface area contributed by atoms with Gasteiger partial charge in [-0.15, -0.1) is 0 Å². The summed E-state index contributed by atoms with van der Waals surface area (Å²) in [5.41, 5.74) is 0.670. The van der Waals surface area contributed by atoms with Crippen molar-refractivity contribution in [2.75, 3.05) is 46.8 Å². The number of rotatable bonds is 4. The smallest absolute Gasteiger partial charge is 0.243 e.